The number of hydrogen-bond acceptors (Lipinski definition) is 10. The van der Waals surface area contributed by atoms with E-state index in [1.807, 2.05) is 12.1 Å². The molecule has 63 heavy (non-hydrogen) atoms. The first-order chi connectivity index (χ1) is 30.1. The molecule has 0 spiro atoms. The van der Waals surface area contributed by atoms with Crippen LogP contribution in [-0.2, 0) is 36.8 Å². The summed E-state index contributed by atoms with van der Waals surface area (Å²) in [5, 5.41) is 24.7. The minimum Gasteiger partial charge on any atom is -0.507 e. The number of ketones is 4. The summed E-state index contributed by atoms with van der Waals surface area (Å²) in [5.74, 6) is -4.51. The molecule has 0 unspecified atom stereocenters. The number of unbranched alkanes of at least 4 members (excludes halogenated alkanes) is 2. The Bertz CT molecular complexity index is 2270. The summed E-state index contributed by atoms with van der Waals surface area (Å²) in [6, 6.07) is 21.7. The van der Waals surface area contributed by atoms with Gasteiger partial charge in [-0.05, 0) is 104 Å². The average molecular weight is 859 g/mol. The molecule has 2 amide bonds. The maximum absolute atomic E-state index is 14.6. The van der Waals surface area contributed by atoms with Crippen molar-refractivity contribution in [3.8, 4) is 33.8 Å². The van der Waals surface area contributed by atoms with Crippen LogP contribution in [0.25, 0.3) is 22.3 Å². The first kappa shape index (κ1) is 48.1. The quantitative estimate of drug-likeness (QED) is 0.0502. The minimum absolute atomic E-state index is 0.0290. The van der Waals surface area contributed by atoms with Crippen molar-refractivity contribution in [2.45, 2.75) is 110 Å². The monoisotopic (exact) mass is 858 g/mol. The third-order valence-corrected chi connectivity index (χ3v) is 12.1. The van der Waals surface area contributed by atoms with Crippen molar-refractivity contribution < 1.29 is 39.0 Å². The molecule has 0 saturated heterocycles. The predicted molar refractivity (Wildman–Crippen MR) is 244 cm³/mol. The van der Waals surface area contributed by atoms with E-state index in [2.05, 4.69) is 36.5 Å². The number of likely N-dealkylation sites (N-methyl/N-ethyl adjacent to an activating group) is 1. The molecule has 0 fully saturated rings. The lowest BCUT2D eigenvalue weighted by Gasteiger charge is -2.32. The highest BCUT2D eigenvalue weighted by Crippen LogP contribution is 2.39. The second-order valence-electron chi connectivity index (χ2n) is 17.0. The lowest BCUT2D eigenvalue weighted by molar-refractivity contribution is -0.144. The normalized spacial score (nSPS) is 17.5. The number of hydrogen-bond donors (Lipinski definition) is 5. The van der Waals surface area contributed by atoms with E-state index in [4.69, 9.17) is 11.5 Å². The minimum atomic E-state index is -1.26. The molecular formula is C51H62N4O8. The lowest BCUT2D eigenvalue weighted by Crippen LogP contribution is -2.45. The third kappa shape index (κ3) is 12.6. The van der Waals surface area contributed by atoms with Crippen molar-refractivity contribution in [2.75, 3.05) is 13.6 Å². The van der Waals surface area contributed by atoms with E-state index < -0.39 is 53.3 Å². The van der Waals surface area contributed by atoms with E-state index >= 15 is 0 Å². The van der Waals surface area contributed by atoms with Gasteiger partial charge >= 0.3 is 0 Å². The Morgan fingerprint density at radius 2 is 1.46 bits per heavy atom. The molecule has 12 heteroatoms. The second-order valence-corrected chi connectivity index (χ2v) is 17.0. The number of nitrogens with one attached hydrogen (secondary N) is 1. The van der Waals surface area contributed by atoms with Crippen molar-refractivity contribution in [2.24, 2.45) is 23.3 Å². The SMILES string of the molecule is CCCCc1ccc(-c2ccc(C(=O)CC[C@@H](N)C(=O)C[C@@H](CCCCN)C(=O)N(C)[C@@H]3C(=O)C[C@@H](C)C(=O)N[C@H](C(C)=O)Cc4ccc(O)c(c4)-c4cc3ccc4O)cc2)cc1. The maximum Gasteiger partial charge on any atom is 0.226 e. The van der Waals surface area contributed by atoms with Gasteiger partial charge in [0.1, 0.15) is 23.3 Å². The fraction of sp³-hybridized carbons (Fsp3) is 0.412. The number of nitrogens with two attached hydrogens (primary N) is 2. The fourth-order valence-corrected chi connectivity index (χ4v) is 8.19. The van der Waals surface area contributed by atoms with Gasteiger partial charge in [0, 0.05) is 54.8 Å². The molecule has 1 aliphatic heterocycles. The van der Waals surface area contributed by atoms with E-state index in [0.29, 0.717) is 36.1 Å². The molecule has 0 aromatic heterocycles. The Kier molecular flexibility index (Phi) is 17.1. The number of fused-ring (bicyclic) bond motifs is 5. The van der Waals surface area contributed by atoms with Crippen LogP contribution >= 0.6 is 0 Å². The summed E-state index contributed by atoms with van der Waals surface area (Å²) >= 11 is 0. The molecule has 4 aromatic carbocycles. The molecular weight excluding hydrogens is 797 g/mol. The highest BCUT2D eigenvalue weighted by Gasteiger charge is 2.36. The van der Waals surface area contributed by atoms with Crippen LogP contribution in [0.1, 0.15) is 112 Å². The first-order valence-corrected chi connectivity index (χ1v) is 22.1. The molecule has 12 nitrogen and oxygen atoms in total. The summed E-state index contributed by atoms with van der Waals surface area (Å²) in [7, 11) is 1.46. The number of phenolic OH excluding ortho intramolecular Hbond substituents is 2. The van der Waals surface area contributed by atoms with E-state index in [1.54, 1.807) is 31.2 Å². The lowest BCUT2D eigenvalue weighted by atomic mass is 9.87. The number of carbonyl (C=O) groups excluding carboxylic acids is 6. The second kappa shape index (κ2) is 22.4. The number of benzene rings is 4. The van der Waals surface area contributed by atoms with Gasteiger partial charge in [-0.15, -0.1) is 0 Å². The summed E-state index contributed by atoms with van der Waals surface area (Å²) in [4.78, 5) is 83.2. The highest BCUT2D eigenvalue weighted by atomic mass is 16.3. The Morgan fingerprint density at radius 3 is 2.10 bits per heavy atom. The zero-order chi connectivity index (χ0) is 45.8. The Hall–Kier alpha value is -5.98. The number of carbonyl (C=O) groups is 6. The molecule has 4 aromatic rings. The van der Waals surface area contributed by atoms with Gasteiger partial charge < -0.3 is 31.9 Å². The predicted octanol–water partition coefficient (Wildman–Crippen LogP) is 7.19. The van der Waals surface area contributed by atoms with Crippen LogP contribution in [0.3, 0.4) is 0 Å². The molecule has 0 aliphatic carbocycles. The van der Waals surface area contributed by atoms with Gasteiger partial charge in [-0.3, -0.25) is 28.8 Å². The van der Waals surface area contributed by atoms with Crippen molar-refractivity contribution in [1.82, 2.24) is 10.2 Å². The number of aryl methyl sites for hydroxylation is 1. The van der Waals surface area contributed by atoms with Crippen LogP contribution in [0.5, 0.6) is 11.5 Å². The Morgan fingerprint density at radius 1 is 0.825 bits per heavy atom. The van der Waals surface area contributed by atoms with Crippen LogP contribution < -0.4 is 16.8 Å². The van der Waals surface area contributed by atoms with Crippen molar-refractivity contribution >= 4 is 34.9 Å². The summed E-state index contributed by atoms with van der Waals surface area (Å²) in [6.45, 7) is 5.46. The standard InChI is InChI=1S/C51H62N4O8/c1-5-6-9-33-11-14-35(15-12-33)36-16-18-37(19-17-36)44(57)24-21-42(53)47(60)30-39(10-7-8-25-52)51(63)55(4)49-38-20-23-46(59)41(29-38)40-27-34(13-22-45(40)58)28-43(32(3)56)54-50(62)31(2)26-48(49)61/h11-20,22-23,27,29,31,39,42-43,49,58-59H,5-10,21,24-26,28,30,52-53H2,1-4H3,(H,54,62)/t31-,39-,42-,43+,49+/m1/s1. The molecule has 4 bridgehead atoms. The van der Waals surface area contributed by atoms with Gasteiger partial charge in [0.2, 0.25) is 11.8 Å². The van der Waals surface area contributed by atoms with E-state index in [9.17, 15) is 39.0 Å². The molecule has 0 saturated carbocycles. The summed E-state index contributed by atoms with van der Waals surface area (Å²) < 4.78 is 0. The largest absolute Gasteiger partial charge is 0.507 e. The number of rotatable bonds is 18. The number of aromatic hydroxyl groups is 2. The van der Waals surface area contributed by atoms with Crippen LogP contribution in [-0.4, -0.2) is 75.7 Å². The first-order valence-electron chi connectivity index (χ1n) is 22.1. The van der Waals surface area contributed by atoms with Crippen molar-refractivity contribution in [3.63, 3.8) is 0 Å². The van der Waals surface area contributed by atoms with Crippen LogP contribution in [0, 0.1) is 11.8 Å². The van der Waals surface area contributed by atoms with Crippen molar-refractivity contribution in [1.29, 1.82) is 0 Å². The van der Waals surface area contributed by atoms with Crippen LogP contribution in [0.2, 0.25) is 0 Å². The zero-order valence-electron chi connectivity index (χ0n) is 36.9. The van der Waals surface area contributed by atoms with Gasteiger partial charge in [0.25, 0.3) is 0 Å². The summed E-state index contributed by atoms with van der Waals surface area (Å²) in [5.41, 5.74) is 17.4. The smallest absolute Gasteiger partial charge is 0.226 e. The molecule has 5 atom stereocenters. The maximum atomic E-state index is 14.6. The topological polar surface area (TPSA) is 210 Å². The number of nitrogens with zero attached hydrogens (tertiary/aromatic N) is 1. The van der Waals surface area contributed by atoms with Gasteiger partial charge in [-0.25, -0.2) is 0 Å². The third-order valence-electron chi connectivity index (χ3n) is 12.1. The fourth-order valence-electron chi connectivity index (χ4n) is 8.19. The van der Waals surface area contributed by atoms with Gasteiger partial charge in [-0.2, -0.15) is 0 Å². The number of amides is 2. The molecule has 0 radical (unpaired) electrons. The van der Waals surface area contributed by atoms with Crippen molar-refractivity contribution in [3.05, 3.63) is 107 Å². The van der Waals surface area contributed by atoms with E-state index in [1.165, 1.54) is 48.7 Å². The van der Waals surface area contributed by atoms with Gasteiger partial charge in [-0.1, -0.05) is 87.4 Å². The van der Waals surface area contributed by atoms with E-state index in [-0.39, 0.29) is 72.7 Å². The average Bonchev–Trinajstić information content (AvgIpc) is 3.27. The highest BCUT2D eigenvalue weighted by molar-refractivity contribution is 5.98. The van der Waals surface area contributed by atoms with Crippen LogP contribution in [0.15, 0.2) is 84.9 Å². The zero-order valence-corrected chi connectivity index (χ0v) is 36.9. The molecule has 7 N–H and O–H groups in total. The molecule has 334 valence electrons. The van der Waals surface area contributed by atoms with Gasteiger partial charge in [0.05, 0.1) is 12.1 Å². The molecule has 5 rings (SSSR count). The number of Topliss-reactive ketones (excluding diaryl/α,β-unsaturated/α-hetero) is 4. The van der Waals surface area contributed by atoms with E-state index in [0.717, 1.165) is 30.4 Å². The molecule has 1 heterocycles. The van der Waals surface area contributed by atoms with Crippen LogP contribution in [0.4, 0.5) is 0 Å². The number of phenols is 2. The Labute approximate surface area is 370 Å². The Balaban J connectivity index is 1.34. The molecule has 1 aliphatic rings. The van der Waals surface area contributed by atoms with Gasteiger partial charge in [0.15, 0.2) is 17.3 Å². The summed E-state index contributed by atoms with van der Waals surface area (Å²) in [6.07, 6.45) is 4.39.